The van der Waals surface area contributed by atoms with Crippen molar-refractivity contribution in [1.29, 1.82) is 0 Å². The van der Waals surface area contributed by atoms with Gasteiger partial charge in [0.25, 0.3) is 0 Å². The molecular weight excluding hydrogens is 146 g/mol. The first-order valence-electron chi connectivity index (χ1n) is 3.81. The largest absolute Gasteiger partial charge is 0.481 e. The molecule has 1 rings (SSSR count). The molecule has 0 radical (unpaired) electrons. The van der Waals surface area contributed by atoms with Crippen molar-refractivity contribution in [2.45, 2.75) is 31.4 Å². The van der Waals surface area contributed by atoms with Gasteiger partial charge in [0.15, 0.2) is 0 Å². The normalized spacial score (nSPS) is 30.6. The summed E-state index contributed by atoms with van der Waals surface area (Å²) in [4.78, 5) is 10.1. The van der Waals surface area contributed by atoms with Crippen LogP contribution in [-0.4, -0.2) is 34.9 Å². The van der Waals surface area contributed by atoms with Crippen molar-refractivity contribution >= 4 is 5.97 Å². The van der Waals surface area contributed by atoms with Crippen molar-refractivity contribution in [3.63, 3.8) is 0 Å². The maximum absolute atomic E-state index is 10.1. The van der Waals surface area contributed by atoms with Gasteiger partial charge < -0.3 is 15.5 Å². The molecule has 0 aliphatic carbocycles. The second-order valence-corrected chi connectivity index (χ2v) is 2.93. The fraction of sp³-hybridized carbons (Fsp3) is 0.857. The Morgan fingerprint density at radius 2 is 2.36 bits per heavy atom. The number of nitrogens with one attached hydrogen (secondary N) is 1. The van der Waals surface area contributed by atoms with Crippen LogP contribution in [0.3, 0.4) is 0 Å². The SMILES string of the molecule is O=C(O)CC[C@@H]1CC(O)CN1. The van der Waals surface area contributed by atoms with Gasteiger partial charge in [-0.1, -0.05) is 0 Å². The van der Waals surface area contributed by atoms with E-state index in [1.165, 1.54) is 0 Å². The molecular formula is C7H13NO3. The first kappa shape index (κ1) is 8.49. The number of hydrogen-bond donors (Lipinski definition) is 3. The van der Waals surface area contributed by atoms with Crippen molar-refractivity contribution in [1.82, 2.24) is 5.32 Å². The highest BCUT2D eigenvalue weighted by atomic mass is 16.4. The highest BCUT2D eigenvalue weighted by molar-refractivity contribution is 5.66. The Kier molecular flexibility index (Phi) is 2.84. The van der Waals surface area contributed by atoms with Gasteiger partial charge in [0.1, 0.15) is 0 Å². The lowest BCUT2D eigenvalue weighted by molar-refractivity contribution is -0.137. The molecule has 64 valence electrons. The summed E-state index contributed by atoms with van der Waals surface area (Å²) in [6.45, 7) is 0.601. The summed E-state index contributed by atoms with van der Waals surface area (Å²) < 4.78 is 0. The molecule has 0 saturated carbocycles. The molecule has 0 bridgehead atoms. The number of aliphatic carboxylic acids is 1. The van der Waals surface area contributed by atoms with Crippen LogP contribution < -0.4 is 5.32 Å². The first-order valence-corrected chi connectivity index (χ1v) is 3.81. The predicted octanol–water partition coefficient (Wildman–Crippen LogP) is -0.426. The summed E-state index contributed by atoms with van der Waals surface area (Å²) in [5.41, 5.74) is 0. The van der Waals surface area contributed by atoms with E-state index in [-0.39, 0.29) is 18.6 Å². The van der Waals surface area contributed by atoms with Crippen molar-refractivity contribution in [2.24, 2.45) is 0 Å². The van der Waals surface area contributed by atoms with E-state index in [2.05, 4.69) is 5.32 Å². The molecule has 0 aromatic carbocycles. The van der Waals surface area contributed by atoms with Crippen molar-refractivity contribution < 1.29 is 15.0 Å². The van der Waals surface area contributed by atoms with Crippen LogP contribution in [0.2, 0.25) is 0 Å². The third kappa shape index (κ3) is 2.86. The number of carboxylic acids is 1. The Labute approximate surface area is 65.2 Å². The molecule has 4 nitrogen and oxygen atoms in total. The number of aliphatic hydroxyl groups excluding tert-OH is 1. The molecule has 1 heterocycles. The van der Waals surface area contributed by atoms with Crippen LogP contribution in [0.15, 0.2) is 0 Å². The topological polar surface area (TPSA) is 69.6 Å². The molecule has 4 heteroatoms. The van der Waals surface area contributed by atoms with Crippen molar-refractivity contribution in [2.75, 3.05) is 6.54 Å². The Hall–Kier alpha value is -0.610. The minimum atomic E-state index is -0.770. The summed E-state index contributed by atoms with van der Waals surface area (Å²) in [7, 11) is 0. The molecule has 1 unspecified atom stereocenters. The minimum Gasteiger partial charge on any atom is -0.481 e. The van der Waals surface area contributed by atoms with Crippen LogP contribution in [0.4, 0.5) is 0 Å². The fourth-order valence-corrected chi connectivity index (χ4v) is 1.32. The standard InChI is InChI=1S/C7H13NO3/c9-6-3-5(8-4-6)1-2-7(10)11/h5-6,8-9H,1-4H2,(H,10,11)/t5-,6?/m1/s1. The molecule has 1 aliphatic rings. The zero-order valence-electron chi connectivity index (χ0n) is 6.29. The van der Waals surface area contributed by atoms with E-state index in [1.807, 2.05) is 0 Å². The van der Waals surface area contributed by atoms with Gasteiger partial charge in [-0.2, -0.15) is 0 Å². The Morgan fingerprint density at radius 3 is 2.82 bits per heavy atom. The second kappa shape index (κ2) is 3.69. The summed E-state index contributed by atoms with van der Waals surface area (Å²) in [6, 6.07) is 0.195. The number of rotatable bonds is 3. The lowest BCUT2D eigenvalue weighted by atomic mass is 10.1. The monoisotopic (exact) mass is 159 g/mol. The van der Waals surface area contributed by atoms with E-state index in [4.69, 9.17) is 10.2 Å². The fourth-order valence-electron chi connectivity index (χ4n) is 1.32. The third-order valence-corrected chi connectivity index (χ3v) is 1.91. The summed E-state index contributed by atoms with van der Waals surface area (Å²) in [5, 5.41) is 20.5. The van der Waals surface area contributed by atoms with Gasteiger partial charge in [-0.3, -0.25) is 4.79 Å². The van der Waals surface area contributed by atoms with Gasteiger partial charge in [0.05, 0.1) is 6.10 Å². The highest BCUT2D eigenvalue weighted by Gasteiger charge is 2.21. The molecule has 0 amide bonds. The minimum absolute atomic E-state index is 0.185. The third-order valence-electron chi connectivity index (χ3n) is 1.91. The van der Waals surface area contributed by atoms with Gasteiger partial charge in [-0.05, 0) is 12.8 Å². The quantitative estimate of drug-likeness (QED) is 0.523. The number of aliphatic hydroxyl groups is 1. The van der Waals surface area contributed by atoms with Gasteiger partial charge in [0, 0.05) is 19.0 Å². The molecule has 2 atom stereocenters. The molecule has 0 aromatic rings. The van der Waals surface area contributed by atoms with Crippen LogP contribution in [0.5, 0.6) is 0 Å². The number of hydrogen-bond acceptors (Lipinski definition) is 3. The first-order chi connectivity index (χ1) is 5.18. The molecule has 11 heavy (non-hydrogen) atoms. The lowest BCUT2D eigenvalue weighted by Crippen LogP contribution is -2.22. The molecule has 1 saturated heterocycles. The van der Waals surface area contributed by atoms with E-state index in [9.17, 15) is 4.79 Å². The summed E-state index contributed by atoms with van der Waals surface area (Å²) >= 11 is 0. The molecule has 3 N–H and O–H groups in total. The van der Waals surface area contributed by atoms with Crippen LogP contribution in [-0.2, 0) is 4.79 Å². The van der Waals surface area contributed by atoms with E-state index in [0.717, 1.165) is 0 Å². The van der Waals surface area contributed by atoms with Crippen LogP contribution in [0.25, 0.3) is 0 Å². The Balaban J connectivity index is 2.13. The molecule has 0 aromatic heterocycles. The zero-order chi connectivity index (χ0) is 8.27. The average Bonchev–Trinajstić information content (AvgIpc) is 2.31. The maximum atomic E-state index is 10.1. The van der Waals surface area contributed by atoms with Gasteiger partial charge in [-0.25, -0.2) is 0 Å². The van der Waals surface area contributed by atoms with Gasteiger partial charge >= 0.3 is 5.97 Å². The number of carbonyl (C=O) groups is 1. The van der Waals surface area contributed by atoms with Crippen LogP contribution in [0.1, 0.15) is 19.3 Å². The van der Waals surface area contributed by atoms with Gasteiger partial charge in [0.2, 0.25) is 0 Å². The zero-order valence-corrected chi connectivity index (χ0v) is 6.29. The van der Waals surface area contributed by atoms with Crippen LogP contribution in [0, 0.1) is 0 Å². The highest BCUT2D eigenvalue weighted by Crippen LogP contribution is 2.11. The Morgan fingerprint density at radius 1 is 1.64 bits per heavy atom. The maximum Gasteiger partial charge on any atom is 0.303 e. The molecule has 1 aliphatic heterocycles. The number of β-amino-alcohol motifs (C(OH)–C–C–N with tert-alkyl or cyclic N) is 1. The smallest absolute Gasteiger partial charge is 0.303 e. The van der Waals surface area contributed by atoms with E-state index in [0.29, 0.717) is 19.4 Å². The lowest BCUT2D eigenvalue weighted by Gasteiger charge is -2.06. The van der Waals surface area contributed by atoms with E-state index in [1.54, 1.807) is 0 Å². The second-order valence-electron chi connectivity index (χ2n) is 2.93. The number of carboxylic acid groups (broad SMARTS) is 1. The predicted molar refractivity (Wildman–Crippen MR) is 39.3 cm³/mol. The van der Waals surface area contributed by atoms with Crippen LogP contribution >= 0.6 is 0 Å². The van der Waals surface area contributed by atoms with E-state index >= 15 is 0 Å². The van der Waals surface area contributed by atoms with Gasteiger partial charge in [-0.15, -0.1) is 0 Å². The summed E-state index contributed by atoms with van der Waals surface area (Å²) in [6.07, 6.45) is 1.21. The summed E-state index contributed by atoms with van der Waals surface area (Å²) in [5.74, 6) is -0.770. The van der Waals surface area contributed by atoms with Crippen molar-refractivity contribution in [3.05, 3.63) is 0 Å². The van der Waals surface area contributed by atoms with Crippen molar-refractivity contribution in [3.8, 4) is 0 Å². The average molecular weight is 159 g/mol. The Bertz CT molecular complexity index is 149. The molecule has 0 spiro atoms. The van der Waals surface area contributed by atoms with E-state index < -0.39 is 5.97 Å². The molecule has 1 fully saturated rings.